The highest BCUT2D eigenvalue weighted by Crippen LogP contribution is 2.40. The maximum atomic E-state index is 14.9. The molecule has 1 fully saturated rings. The summed E-state index contributed by atoms with van der Waals surface area (Å²) in [6.07, 6.45) is 1.55. The fraction of sp³-hybridized carbons (Fsp3) is 0.450. The third-order valence-electron chi connectivity index (χ3n) is 4.85. The van der Waals surface area contributed by atoms with Crippen LogP contribution in [0.3, 0.4) is 0 Å². The van der Waals surface area contributed by atoms with Crippen molar-refractivity contribution in [2.45, 2.75) is 57.7 Å². The predicted molar refractivity (Wildman–Crippen MR) is 105 cm³/mol. The van der Waals surface area contributed by atoms with E-state index in [0.717, 1.165) is 0 Å². The minimum absolute atomic E-state index is 0.00938. The van der Waals surface area contributed by atoms with Gasteiger partial charge in [-0.25, -0.2) is 14.0 Å². The molecule has 156 valence electrons. The highest BCUT2D eigenvalue weighted by molar-refractivity contribution is 6.31. The average Bonchev–Trinajstić information content (AvgIpc) is 3.01. The normalized spacial score (nSPS) is 21.5. The number of carboxylic acids is 1. The number of anilines is 1. The maximum absolute atomic E-state index is 14.9. The number of nitrogens with zero attached hydrogens (tertiary/aromatic N) is 1. The number of hydrogen-bond donors (Lipinski definition) is 2. The van der Waals surface area contributed by atoms with Crippen molar-refractivity contribution in [3.05, 3.63) is 34.6 Å². The Balaban J connectivity index is 1.96. The Morgan fingerprint density at radius 2 is 2.00 bits per heavy atom. The van der Waals surface area contributed by atoms with Gasteiger partial charge in [-0.3, -0.25) is 10.1 Å². The standard InChI is InChI=1S/C20H22ClFN2O5/c1-20(2,3)29-19(28)23-13-6-5-12(21)17(22)16(13)10-8-11-4-7-14(18(26)27)24(11)15(25)9-10/h5-6,9,11,14H,4,7-8H2,1-3H3,(H,23,28)(H,26,27)/t11?,14-/m0/s1. The minimum Gasteiger partial charge on any atom is -0.480 e. The van der Waals surface area contributed by atoms with E-state index in [-0.39, 0.29) is 28.7 Å². The third kappa shape index (κ3) is 4.37. The first-order valence-corrected chi connectivity index (χ1v) is 9.60. The van der Waals surface area contributed by atoms with E-state index in [4.69, 9.17) is 16.3 Å². The van der Waals surface area contributed by atoms with Crippen molar-refractivity contribution in [2.75, 3.05) is 5.32 Å². The molecule has 0 saturated carbocycles. The van der Waals surface area contributed by atoms with E-state index in [1.54, 1.807) is 20.8 Å². The number of hydrogen-bond acceptors (Lipinski definition) is 4. The molecule has 2 atom stereocenters. The second kappa shape index (κ2) is 7.67. The number of fused-ring (bicyclic) bond motifs is 1. The van der Waals surface area contributed by atoms with Crippen LogP contribution in [0.4, 0.5) is 14.9 Å². The molecular formula is C20H22ClFN2O5. The maximum Gasteiger partial charge on any atom is 0.412 e. The lowest BCUT2D eigenvalue weighted by molar-refractivity contribution is -0.147. The van der Waals surface area contributed by atoms with Crippen LogP contribution in [0.2, 0.25) is 5.02 Å². The van der Waals surface area contributed by atoms with Crippen LogP contribution in [-0.4, -0.2) is 45.7 Å². The van der Waals surface area contributed by atoms with Crippen molar-refractivity contribution in [3.8, 4) is 0 Å². The number of carbonyl (C=O) groups excluding carboxylic acids is 2. The molecule has 9 heteroatoms. The molecule has 2 N–H and O–H groups in total. The van der Waals surface area contributed by atoms with Gasteiger partial charge in [0.1, 0.15) is 11.6 Å². The second-order valence-corrected chi connectivity index (χ2v) is 8.52. The molecule has 2 aliphatic heterocycles. The number of benzene rings is 1. The van der Waals surface area contributed by atoms with Crippen LogP contribution in [0, 0.1) is 5.82 Å². The summed E-state index contributed by atoms with van der Waals surface area (Å²) in [6, 6.07) is 1.52. The smallest absolute Gasteiger partial charge is 0.412 e. The molecule has 0 bridgehead atoms. The molecule has 1 aromatic carbocycles. The summed E-state index contributed by atoms with van der Waals surface area (Å²) in [4.78, 5) is 37.5. The number of carboxylic acid groups (broad SMARTS) is 1. The van der Waals surface area contributed by atoms with Crippen LogP contribution in [-0.2, 0) is 14.3 Å². The monoisotopic (exact) mass is 424 g/mol. The van der Waals surface area contributed by atoms with Crippen molar-refractivity contribution in [1.82, 2.24) is 4.90 Å². The molecule has 0 radical (unpaired) electrons. The molecule has 1 unspecified atom stereocenters. The lowest BCUT2D eigenvalue weighted by Crippen LogP contribution is -2.46. The highest BCUT2D eigenvalue weighted by Gasteiger charge is 2.43. The Labute approximate surface area is 172 Å². The van der Waals surface area contributed by atoms with Gasteiger partial charge in [0.25, 0.3) is 0 Å². The number of amides is 2. The molecule has 7 nitrogen and oxygen atoms in total. The van der Waals surface area contributed by atoms with Gasteiger partial charge in [0.05, 0.1) is 10.7 Å². The van der Waals surface area contributed by atoms with E-state index in [2.05, 4.69) is 5.32 Å². The molecule has 2 aliphatic rings. The first kappa shape index (κ1) is 21.1. The number of ether oxygens (including phenoxy) is 1. The first-order valence-electron chi connectivity index (χ1n) is 9.22. The summed E-state index contributed by atoms with van der Waals surface area (Å²) in [6.45, 7) is 5.10. The van der Waals surface area contributed by atoms with E-state index < -0.39 is 35.4 Å². The van der Waals surface area contributed by atoms with Crippen LogP contribution >= 0.6 is 11.6 Å². The van der Waals surface area contributed by atoms with Crippen molar-refractivity contribution in [2.24, 2.45) is 0 Å². The Morgan fingerprint density at radius 1 is 1.31 bits per heavy atom. The number of halogens is 2. The lowest BCUT2D eigenvalue weighted by Gasteiger charge is -2.32. The van der Waals surface area contributed by atoms with Gasteiger partial charge in [0.15, 0.2) is 5.82 Å². The molecule has 1 saturated heterocycles. The Bertz CT molecular complexity index is 909. The quantitative estimate of drug-likeness (QED) is 0.762. The molecule has 2 heterocycles. The molecule has 29 heavy (non-hydrogen) atoms. The highest BCUT2D eigenvalue weighted by atomic mass is 35.5. The summed E-state index contributed by atoms with van der Waals surface area (Å²) < 4.78 is 20.1. The van der Waals surface area contributed by atoms with Gasteiger partial charge in [-0.2, -0.15) is 0 Å². The van der Waals surface area contributed by atoms with Crippen LogP contribution < -0.4 is 5.32 Å². The Hall–Kier alpha value is -2.61. The first-order chi connectivity index (χ1) is 13.5. The third-order valence-corrected chi connectivity index (χ3v) is 5.14. The summed E-state index contributed by atoms with van der Waals surface area (Å²) in [5, 5.41) is 11.7. The van der Waals surface area contributed by atoms with Crippen molar-refractivity contribution in [1.29, 1.82) is 0 Å². The summed E-state index contributed by atoms with van der Waals surface area (Å²) in [7, 11) is 0. The van der Waals surface area contributed by atoms with E-state index >= 15 is 0 Å². The SMILES string of the molecule is CC(C)(C)OC(=O)Nc1ccc(Cl)c(F)c1C1=CC(=O)N2C(CC[C@H]2C(=O)O)C1. The van der Waals surface area contributed by atoms with Gasteiger partial charge < -0.3 is 14.7 Å². The zero-order valence-corrected chi connectivity index (χ0v) is 17.0. The summed E-state index contributed by atoms with van der Waals surface area (Å²) in [5.74, 6) is -2.32. The van der Waals surface area contributed by atoms with Crippen molar-refractivity contribution >= 4 is 40.8 Å². The van der Waals surface area contributed by atoms with E-state index in [1.165, 1.54) is 23.1 Å². The number of carbonyl (C=O) groups is 3. The second-order valence-electron chi connectivity index (χ2n) is 8.12. The van der Waals surface area contributed by atoms with Crippen LogP contribution in [0.5, 0.6) is 0 Å². The summed E-state index contributed by atoms with van der Waals surface area (Å²) in [5.41, 5.74) is -0.254. The van der Waals surface area contributed by atoms with Crippen LogP contribution in [0.25, 0.3) is 5.57 Å². The van der Waals surface area contributed by atoms with Crippen molar-refractivity contribution < 1.29 is 28.6 Å². The van der Waals surface area contributed by atoms with E-state index in [0.29, 0.717) is 18.4 Å². The predicted octanol–water partition coefficient (Wildman–Crippen LogP) is 4.06. The Kier molecular flexibility index (Phi) is 5.58. The molecule has 0 aromatic heterocycles. The van der Waals surface area contributed by atoms with Gasteiger partial charge >= 0.3 is 12.1 Å². The number of aliphatic carboxylic acids is 1. The zero-order valence-electron chi connectivity index (χ0n) is 16.3. The average molecular weight is 425 g/mol. The fourth-order valence-electron chi connectivity index (χ4n) is 3.75. The van der Waals surface area contributed by atoms with Crippen LogP contribution in [0.15, 0.2) is 18.2 Å². The van der Waals surface area contributed by atoms with Crippen LogP contribution in [0.1, 0.15) is 45.6 Å². The zero-order chi connectivity index (χ0) is 21.5. The number of rotatable bonds is 3. The molecule has 2 amide bonds. The van der Waals surface area contributed by atoms with E-state index in [9.17, 15) is 23.9 Å². The largest absolute Gasteiger partial charge is 0.480 e. The van der Waals surface area contributed by atoms with Gasteiger partial charge in [-0.15, -0.1) is 0 Å². The molecule has 3 rings (SSSR count). The van der Waals surface area contributed by atoms with Gasteiger partial charge in [-0.05, 0) is 57.7 Å². The van der Waals surface area contributed by atoms with Gasteiger partial charge in [0.2, 0.25) is 5.91 Å². The molecule has 0 aliphatic carbocycles. The fourth-order valence-corrected chi connectivity index (χ4v) is 3.91. The minimum atomic E-state index is -1.06. The molecule has 1 aromatic rings. The van der Waals surface area contributed by atoms with Gasteiger partial charge in [0, 0.05) is 17.7 Å². The van der Waals surface area contributed by atoms with Crippen molar-refractivity contribution in [3.63, 3.8) is 0 Å². The topological polar surface area (TPSA) is 95.9 Å². The lowest BCUT2D eigenvalue weighted by atomic mass is 9.92. The number of nitrogens with one attached hydrogen (secondary N) is 1. The van der Waals surface area contributed by atoms with E-state index in [1.807, 2.05) is 0 Å². The summed E-state index contributed by atoms with van der Waals surface area (Å²) >= 11 is 5.94. The Morgan fingerprint density at radius 3 is 2.62 bits per heavy atom. The molecule has 0 spiro atoms. The molecular weight excluding hydrogens is 403 g/mol. The van der Waals surface area contributed by atoms with Gasteiger partial charge in [-0.1, -0.05) is 11.6 Å².